The summed E-state index contributed by atoms with van der Waals surface area (Å²) in [7, 11) is 0. The van der Waals surface area contributed by atoms with Crippen LogP contribution in [-0.4, -0.2) is 11.2 Å². The lowest BCUT2D eigenvalue weighted by atomic mass is 10.1. The van der Waals surface area contributed by atoms with E-state index in [1.54, 1.807) is 0 Å². The lowest BCUT2D eigenvalue weighted by Gasteiger charge is -1.96. The third-order valence-electron chi connectivity index (χ3n) is 2.32. The zero-order valence-corrected chi connectivity index (χ0v) is 8.74. The van der Waals surface area contributed by atoms with Crippen LogP contribution in [-0.2, 0) is 5.75 Å². The minimum Gasteiger partial charge on any atom is -0.358 e. The number of nitrogens with one attached hydrogen (secondary N) is 1. The molecule has 1 heterocycles. The van der Waals surface area contributed by atoms with Crippen LogP contribution in [0.15, 0.2) is 24.3 Å². The van der Waals surface area contributed by atoms with Crippen molar-refractivity contribution < 1.29 is 0 Å². The van der Waals surface area contributed by atoms with Crippen molar-refractivity contribution in [2.24, 2.45) is 0 Å². The lowest BCUT2D eigenvalue weighted by Crippen LogP contribution is -1.80. The topological polar surface area (TPSA) is 15.8 Å². The van der Waals surface area contributed by atoms with Crippen molar-refractivity contribution in [2.75, 3.05) is 6.26 Å². The summed E-state index contributed by atoms with van der Waals surface area (Å²) in [5.74, 6) is 1.09. The molecule has 0 spiro atoms. The van der Waals surface area contributed by atoms with E-state index < -0.39 is 0 Å². The minimum absolute atomic E-state index is 1.09. The van der Waals surface area contributed by atoms with Gasteiger partial charge in [-0.15, -0.1) is 0 Å². The van der Waals surface area contributed by atoms with Gasteiger partial charge in [-0.05, 0) is 24.8 Å². The van der Waals surface area contributed by atoms with Crippen LogP contribution in [0.4, 0.5) is 0 Å². The Hall–Kier alpha value is -0.890. The Labute approximate surface area is 82.5 Å². The lowest BCUT2D eigenvalue weighted by molar-refractivity contribution is 1.24. The van der Waals surface area contributed by atoms with Crippen LogP contribution in [0.25, 0.3) is 10.9 Å². The summed E-state index contributed by atoms with van der Waals surface area (Å²) in [4.78, 5) is 3.40. The number of benzene rings is 1. The fourth-order valence-electron chi connectivity index (χ4n) is 1.67. The molecular formula is C11H13NS. The van der Waals surface area contributed by atoms with Gasteiger partial charge in [0.15, 0.2) is 0 Å². The largest absolute Gasteiger partial charge is 0.358 e. The number of rotatable bonds is 2. The first-order valence-electron chi connectivity index (χ1n) is 4.38. The number of thioether (sulfide) groups is 1. The molecule has 1 nitrogen and oxygen atoms in total. The summed E-state index contributed by atoms with van der Waals surface area (Å²) in [5.41, 5.74) is 4.00. The second kappa shape index (κ2) is 3.46. The quantitative estimate of drug-likeness (QED) is 0.769. The van der Waals surface area contributed by atoms with E-state index in [9.17, 15) is 0 Å². The van der Waals surface area contributed by atoms with Crippen LogP contribution in [0.2, 0.25) is 0 Å². The molecular weight excluding hydrogens is 178 g/mol. The predicted molar refractivity (Wildman–Crippen MR) is 60.3 cm³/mol. The molecule has 0 saturated carbocycles. The maximum Gasteiger partial charge on any atom is 0.0459 e. The van der Waals surface area contributed by atoms with Gasteiger partial charge in [-0.1, -0.05) is 18.2 Å². The second-order valence-electron chi connectivity index (χ2n) is 3.21. The second-order valence-corrected chi connectivity index (χ2v) is 4.07. The van der Waals surface area contributed by atoms with Gasteiger partial charge in [0.2, 0.25) is 0 Å². The Kier molecular flexibility index (Phi) is 2.32. The molecule has 0 aliphatic carbocycles. The van der Waals surface area contributed by atoms with Gasteiger partial charge in [0, 0.05) is 22.3 Å². The number of hydrogen-bond acceptors (Lipinski definition) is 1. The van der Waals surface area contributed by atoms with Gasteiger partial charge in [-0.2, -0.15) is 11.8 Å². The molecule has 0 bridgehead atoms. The molecule has 0 unspecified atom stereocenters. The van der Waals surface area contributed by atoms with Crippen molar-refractivity contribution in [1.82, 2.24) is 4.98 Å². The first kappa shape index (κ1) is 8.70. The van der Waals surface area contributed by atoms with E-state index in [2.05, 4.69) is 42.4 Å². The maximum atomic E-state index is 3.40. The van der Waals surface area contributed by atoms with Gasteiger partial charge in [-0.25, -0.2) is 0 Å². The molecule has 1 aromatic heterocycles. The fraction of sp³-hybridized carbons (Fsp3) is 0.273. The van der Waals surface area contributed by atoms with Gasteiger partial charge >= 0.3 is 0 Å². The molecule has 13 heavy (non-hydrogen) atoms. The van der Waals surface area contributed by atoms with E-state index in [1.165, 1.54) is 22.2 Å². The summed E-state index contributed by atoms with van der Waals surface area (Å²) >= 11 is 1.87. The van der Waals surface area contributed by atoms with Crippen molar-refractivity contribution in [1.29, 1.82) is 0 Å². The molecule has 1 aromatic carbocycles. The number of H-pyrrole nitrogens is 1. The molecule has 0 fully saturated rings. The smallest absolute Gasteiger partial charge is 0.0459 e. The Morgan fingerprint density at radius 1 is 1.31 bits per heavy atom. The maximum absolute atomic E-state index is 3.40. The number of fused-ring (bicyclic) bond motifs is 1. The molecule has 1 N–H and O–H groups in total. The van der Waals surface area contributed by atoms with E-state index in [4.69, 9.17) is 0 Å². The summed E-state index contributed by atoms with van der Waals surface area (Å²) in [6.07, 6.45) is 2.14. The molecule has 0 atom stereocenters. The van der Waals surface area contributed by atoms with Crippen LogP contribution in [0.5, 0.6) is 0 Å². The Bertz CT molecular complexity index is 417. The van der Waals surface area contributed by atoms with E-state index in [0.717, 1.165) is 5.75 Å². The normalized spacial score (nSPS) is 10.9. The van der Waals surface area contributed by atoms with Crippen molar-refractivity contribution in [3.05, 3.63) is 35.5 Å². The average molecular weight is 191 g/mol. The molecule has 0 aliphatic heterocycles. The van der Waals surface area contributed by atoms with Crippen molar-refractivity contribution >= 4 is 22.7 Å². The standard InChI is InChI=1S/C11H13NS/c1-8-10(7-13-2)9-5-3-4-6-11(9)12-8/h3-6,12H,7H2,1-2H3. The van der Waals surface area contributed by atoms with E-state index >= 15 is 0 Å². The fourth-order valence-corrected chi connectivity index (χ4v) is 2.33. The Morgan fingerprint density at radius 3 is 2.85 bits per heavy atom. The molecule has 0 aliphatic rings. The highest BCUT2D eigenvalue weighted by atomic mass is 32.2. The number of aromatic nitrogens is 1. The SMILES string of the molecule is CSCc1c(C)[nH]c2ccccc12. The number of para-hydroxylation sites is 1. The van der Waals surface area contributed by atoms with Crippen LogP contribution >= 0.6 is 11.8 Å². The van der Waals surface area contributed by atoms with Gasteiger partial charge in [0.1, 0.15) is 0 Å². The first-order valence-corrected chi connectivity index (χ1v) is 5.77. The van der Waals surface area contributed by atoms with Gasteiger partial charge < -0.3 is 4.98 Å². The predicted octanol–water partition coefficient (Wildman–Crippen LogP) is 3.34. The summed E-state index contributed by atoms with van der Waals surface area (Å²) < 4.78 is 0. The Morgan fingerprint density at radius 2 is 2.08 bits per heavy atom. The number of hydrogen-bond donors (Lipinski definition) is 1. The molecule has 68 valence electrons. The summed E-state index contributed by atoms with van der Waals surface area (Å²) in [6.45, 7) is 2.14. The summed E-state index contributed by atoms with van der Waals surface area (Å²) in [5, 5.41) is 1.37. The van der Waals surface area contributed by atoms with Crippen molar-refractivity contribution in [3.8, 4) is 0 Å². The van der Waals surface area contributed by atoms with E-state index in [1.807, 2.05) is 11.8 Å². The van der Waals surface area contributed by atoms with Gasteiger partial charge in [-0.3, -0.25) is 0 Å². The summed E-state index contributed by atoms with van der Waals surface area (Å²) in [6, 6.07) is 8.48. The monoisotopic (exact) mass is 191 g/mol. The van der Waals surface area contributed by atoms with Gasteiger partial charge in [0.05, 0.1) is 0 Å². The van der Waals surface area contributed by atoms with Crippen molar-refractivity contribution in [3.63, 3.8) is 0 Å². The third kappa shape index (κ3) is 1.46. The van der Waals surface area contributed by atoms with Crippen molar-refractivity contribution in [2.45, 2.75) is 12.7 Å². The molecule has 2 rings (SSSR count). The van der Waals surface area contributed by atoms with Crippen LogP contribution in [0.3, 0.4) is 0 Å². The van der Waals surface area contributed by atoms with Crippen LogP contribution in [0.1, 0.15) is 11.3 Å². The molecule has 0 saturated heterocycles. The highest BCUT2D eigenvalue weighted by molar-refractivity contribution is 7.97. The zero-order chi connectivity index (χ0) is 9.26. The Balaban J connectivity index is 2.64. The minimum atomic E-state index is 1.09. The number of aromatic amines is 1. The highest BCUT2D eigenvalue weighted by Gasteiger charge is 2.05. The zero-order valence-electron chi connectivity index (χ0n) is 7.92. The molecule has 2 heteroatoms. The van der Waals surface area contributed by atoms with E-state index in [0.29, 0.717) is 0 Å². The number of aryl methyl sites for hydroxylation is 1. The van der Waals surface area contributed by atoms with Crippen LogP contribution < -0.4 is 0 Å². The molecule has 2 aromatic rings. The highest BCUT2D eigenvalue weighted by Crippen LogP contribution is 2.24. The molecule has 0 radical (unpaired) electrons. The third-order valence-corrected chi connectivity index (χ3v) is 2.89. The van der Waals surface area contributed by atoms with E-state index in [-0.39, 0.29) is 0 Å². The molecule has 0 amide bonds. The van der Waals surface area contributed by atoms with Crippen LogP contribution in [0, 0.1) is 6.92 Å². The first-order chi connectivity index (χ1) is 6.33. The average Bonchev–Trinajstić information content (AvgIpc) is 2.44. The van der Waals surface area contributed by atoms with Gasteiger partial charge in [0.25, 0.3) is 0 Å².